The zero-order valence-corrected chi connectivity index (χ0v) is 28.0. The molecule has 1 atom stereocenters. The lowest BCUT2D eigenvalue weighted by Gasteiger charge is -2.32. The molecule has 0 radical (unpaired) electrons. The topological polar surface area (TPSA) is 4.93 Å². The fraction of sp³-hybridized carbons (Fsp3) is 0.0638. The van der Waals surface area contributed by atoms with Crippen LogP contribution in [0.5, 0.6) is 0 Å². The molecule has 2 aliphatic rings. The molecule has 10 rings (SSSR count). The number of allylic oxidation sites excluding steroid dienone is 1. The Morgan fingerprint density at radius 1 is 0.531 bits per heavy atom. The van der Waals surface area contributed by atoms with Crippen molar-refractivity contribution in [2.75, 3.05) is 0 Å². The number of rotatable bonds is 4. The molecule has 0 amide bonds. The highest BCUT2D eigenvalue weighted by Crippen LogP contribution is 2.53. The van der Waals surface area contributed by atoms with Gasteiger partial charge in [0.2, 0.25) is 0 Å². The predicted molar refractivity (Wildman–Crippen MR) is 208 cm³/mol. The number of para-hydroxylation sites is 3. The van der Waals surface area contributed by atoms with E-state index in [2.05, 4.69) is 175 Å². The smallest absolute Gasteiger partial charge is 0.0619 e. The molecule has 1 nitrogen and oxygen atoms in total. The van der Waals surface area contributed by atoms with Crippen LogP contribution in [0.2, 0.25) is 0 Å². The minimum absolute atomic E-state index is 0.434. The molecule has 0 fully saturated rings. The maximum Gasteiger partial charge on any atom is 0.0619 e. The second-order valence-electron chi connectivity index (χ2n) is 13.3. The van der Waals surface area contributed by atoms with Crippen molar-refractivity contribution in [3.63, 3.8) is 0 Å². The Morgan fingerprint density at radius 3 is 2.04 bits per heavy atom. The molecule has 49 heavy (non-hydrogen) atoms. The molecule has 1 aliphatic carbocycles. The first-order valence-corrected chi connectivity index (χ1v) is 18.0. The molecule has 1 unspecified atom stereocenters. The van der Waals surface area contributed by atoms with E-state index in [1.165, 1.54) is 92.9 Å². The maximum atomic E-state index is 2.52. The Kier molecular flexibility index (Phi) is 6.54. The SMILES string of the molecule is CC1C=C2c3cc(-c4ccccc4)ccc3Sc3ccc(-c4ccccc4-c4cccc5c6ccccc6n(-c6ccccc6)c45)c(c32)C1. The van der Waals surface area contributed by atoms with Gasteiger partial charge in [-0.25, -0.2) is 0 Å². The number of fused-ring (bicyclic) bond motifs is 5. The molecule has 0 saturated heterocycles. The summed E-state index contributed by atoms with van der Waals surface area (Å²) in [7, 11) is 0. The first-order chi connectivity index (χ1) is 24.2. The van der Waals surface area contributed by atoms with Gasteiger partial charge in [-0.2, -0.15) is 0 Å². The lowest BCUT2D eigenvalue weighted by molar-refractivity contribution is 0.711. The highest BCUT2D eigenvalue weighted by Gasteiger charge is 2.30. The van der Waals surface area contributed by atoms with Crippen LogP contribution in [-0.4, -0.2) is 4.57 Å². The molecule has 1 aliphatic heterocycles. The van der Waals surface area contributed by atoms with Gasteiger partial charge in [0.1, 0.15) is 0 Å². The monoisotopic (exact) mass is 643 g/mol. The third-order valence-corrected chi connectivity index (χ3v) is 11.5. The molecular weight excluding hydrogens is 611 g/mol. The lowest BCUT2D eigenvalue weighted by atomic mass is 9.78. The summed E-state index contributed by atoms with van der Waals surface area (Å²) in [5.41, 5.74) is 17.0. The van der Waals surface area contributed by atoms with Crippen LogP contribution in [0.3, 0.4) is 0 Å². The van der Waals surface area contributed by atoms with Gasteiger partial charge in [-0.1, -0.05) is 146 Å². The lowest BCUT2D eigenvalue weighted by Crippen LogP contribution is -2.14. The molecule has 232 valence electrons. The van der Waals surface area contributed by atoms with Crippen molar-refractivity contribution in [1.82, 2.24) is 4.57 Å². The van der Waals surface area contributed by atoms with Gasteiger partial charge >= 0.3 is 0 Å². The van der Waals surface area contributed by atoms with Crippen molar-refractivity contribution < 1.29 is 0 Å². The maximum absolute atomic E-state index is 2.52. The number of hydrogen-bond donors (Lipinski definition) is 0. The van der Waals surface area contributed by atoms with E-state index in [-0.39, 0.29) is 0 Å². The minimum Gasteiger partial charge on any atom is -0.309 e. The van der Waals surface area contributed by atoms with E-state index in [0.717, 1.165) is 6.42 Å². The summed E-state index contributed by atoms with van der Waals surface area (Å²) in [6.45, 7) is 2.37. The molecule has 0 spiro atoms. The van der Waals surface area contributed by atoms with E-state index in [0.29, 0.717) is 5.92 Å². The first-order valence-electron chi connectivity index (χ1n) is 17.2. The van der Waals surface area contributed by atoms with E-state index in [1.807, 2.05) is 11.8 Å². The average Bonchev–Trinajstić information content (AvgIpc) is 3.50. The minimum atomic E-state index is 0.434. The van der Waals surface area contributed by atoms with Gasteiger partial charge in [0.15, 0.2) is 0 Å². The Morgan fingerprint density at radius 2 is 1.20 bits per heavy atom. The van der Waals surface area contributed by atoms with Crippen LogP contribution in [-0.2, 0) is 6.42 Å². The molecule has 0 N–H and O–H groups in total. The van der Waals surface area contributed by atoms with Crippen LogP contribution in [0, 0.1) is 5.92 Å². The molecular formula is C47H33NS. The van der Waals surface area contributed by atoms with Gasteiger partial charge in [-0.3, -0.25) is 0 Å². The van der Waals surface area contributed by atoms with Gasteiger partial charge in [0.25, 0.3) is 0 Å². The Bertz CT molecular complexity index is 2610. The van der Waals surface area contributed by atoms with E-state index in [9.17, 15) is 0 Å². The molecule has 8 aromatic rings. The zero-order chi connectivity index (χ0) is 32.5. The van der Waals surface area contributed by atoms with Gasteiger partial charge in [0, 0.05) is 31.8 Å². The van der Waals surface area contributed by atoms with Crippen molar-refractivity contribution in [3.8, 4) is 39.1 Å². The van der Waals surface area contributed by atoms with Gasteiger partial charge in [-0.15, -0.1) is 0 Å². The van der Waals surface area contributed by atoms with Crippen LogP contribution in [0.15, 0.2) is 174 Å². The summed E-state index contributed by atoms with van der Waals surface area (Å²) < 4.78 is 2.45. The summed E-state index contributed by atoms with van der Waals surface area (Å²) in [5, 5.41) is 2.55. The van der Waals surface area contributed by atoms with Crippen molar-refractivity contribution in [2.45, 2.75) is 23.1 Å². The quantitative estimate of drug-likeness (QED) is 0.185. The second-order valence-corrected chi connectivity index (χ2v) is 14.4. The summed E-state index contributed by atoms with van der Waals surface area (Å²) in [4.78, 5) is 2.70. The van der Waals surface area contributed by atoms with Crippen molar-refractivity contribution in [3.05, 3.63) is 180 Å². The standard InChI is InChI=1S/C47H33NS/c1-30-27-41-36(24-26-45-46(41)42(28-30)40-29-32(23-25-44(40)49-45)31-13-4-2-5-14-31)34-17-8-9-18-35(34)38-20-12-21-39-37-19-10-11-22-43(37)48(47(38)39)33-15-6-3-7-16-33/h2-26,28-30H,27H2,1H3. The molecule has 7 aromatic carbocycles. The van der Waals surface area contributed by atoms with Crippen LogP contribution in [0.25, 0.3) is 66.4 Å². The second kappa shape index (κ2) is 11.3. The van der Waals surface area contributed by atoms with Crippen molar-refractivity contribution >= 4 is 39.1 Å². The van der Waals surface area contributed by atoms with E-state index in [4.69, 9.17) is 0 Å². The van der Waals surface area contributed by atoms with Crippen molar-refractivity contribution in [2.24, 2.45) is 5.92 Å². The fourth-order valence-electron chi connectivity index (χ4n) is 8.24. The third-order valence-electron chi connectivity index (χ3n) is 10.3. The summed E-state index contributed by atoms with van der Waals surface area (Å²) >= 11 is 1.92. The number of nitrogens with zero attached hydrogens (tertiary/aromatic N) is 1. The number of hydrogen-bond acceptors (Lipinski definition) is 1. The van der Waals surface area contributed by atoms with E-state index >= 15 is 0 Å². The molecule has 2 heterocycles. The van der Waals surface area contributed by atoms with E-state index in [1.54, 1.807) is 0 Å². The summed E-state index contributed by atoms with van der Waals surface area (Å²) in [5.74, 6) is 0.434. The Hall–Kier alpha value is -5.57. The molecule has 0 bridgehead atoms. The Labute approximate surface area is 291 Å². The summed E-state index contributed by atoms with van der Waals surface area (Å²) in [6.07, 6.45) is 3.55. The average molecular weight is 644 g/mol. The first kappa shape index (κ1) is 28.4. The van der Waals surface area contributed by atoms with E-state index < -0.39 is 0 Å². The fourth-order valence-corrected chi connectivity index (χ4v) is 9.36. The van der Waals surface area contributed by atoms with Crippen LogP contribution in [0.1, 0.15) is 23.6 Å². The summed E-state index contributed by atoms with van der Waals surface area (Å²) in [6, 6.07) is 58.0. The van der Waals surface area contributed by atoms with Crippen molar-refractivity contribution in [1.29, 1.82) is 0 Å². The number of benzene rings is 7. The normalized spacial score (nSPS) is 14.8. The largest absolute Gasteiger partial charge is 0.309 e. The zero-order valence-electron chi connectivity index (χ0n) is 27.2. The highest BCUT2D eigenvalue weighted by atomic mass is 32.2. The van der Waals surface area contributed by atoms with Crippen LogP contribution in [0.4, 0.5) is 0 Å². The van der Waals surface area contributed by atoms with Crippen LogP contribution < -0.4 is 0 Å². The number of aromatic nitrogens is 1. The molecule has 2 heteroatoms. The van der Waals surface area contributed by atoms with Crippen LogP contribution >= 0.6 is 11.8 Å². The molecule has 1 aromatic heterocycles. The van der Waals surface area contributed by atoms with Gasteiger partial charge < -0.3 is 4.57 Å². The van der Waals surface area contributed by atoms with Gasteiger partial charge in [-0.05, 0) is 98.8 Å². The van der Waals surface area contributed by atoms with Gasteiger partial charge in [0.05, 0.1) is 11.0 Å². The third kappa shape index (κ3) is 4.48. The highest BCUT2D eigenvalue weighted by molar-refractivity contribution is 7.99. The predicted octanol–water partition coefficient (Wildman–Crippen LogP) is 12.9. The Balaban J connectivity index is 1.19. The molecule has 0 saturated carbocycles.